The predicted molar refractivity (Wildman–Crippen MR) is 70.8 cm³/mol. The van der Waals surface area contributed by atoms with Gasteiger partial charge in [-0.1, -0.05) is 13.8 Å². The Morgan fingerprint density at radius 2 is 2.31 bits per heavy atom. The molecule has 1 atom stereocenters. The van der Waals surface area contributed by atoms with Gasteiger partial charge in [0.1, 0.15) is 0 Å². The van der Waals surface area contributed by atoms with Crippen LogP contribution in [0.15, 0.2) is 0 Å². The first-order valence-corrected chi connectivity index (χ1v) is 7.46. The van der Waals surface area contributed by atoms with Gasteiger partial charge in [-0.25, -0.2) is 0 Å². The average Bonchev–Trinajstić information content (AvgIpc) is 2.30. The van der Waals surface area contributed by atoms with Gasteiger partial charge < -0.3 is 10.6 Å². The topological polar surface area (TPSA) is 41.1 Å². The van der Waals surface area contributed by atoms with Crippen LogP contribution in [-0.4, -0.2) is 37.6 Å². The van der Waals surface area contributed by atoms with E-state index in [0.717, 1.165) is 31.8 Å². The minimum Gasteiger partial charge on any atom is -0.355 e. The molecule has 1 rings (SSSR count). The van der Waals surface area contributed by atoms with Crippen LogP contribution in [0.3, 0.4) is 0 Å². The van der Waals surface area contributed by atoms with Crippen molar-refractivity contribution in [3.05, 3.63) is 0 Å². The number of nitrogens with one attached hydrogen (secondary N) is 2. The number of rotatable bonds is 5. The lowest BCUT2D eigenvalue weighted by molar-refractivity contribution is -0.132. The molecule has 0 aromatic carbocycles. The molecule has 16 heavy (non-hydrogen) atoms. The van der Waals surface area contributed by atoms with Gasteiger partial charge in [-0.15, -0.1) is 0 Å². The van der Waals surface area contributed by atoms with Crippen LogP contribution in [0.25, 0.3) is 0 Å². The zero-order valence-electron chi connectivity index (χ0n) is 10.6. The van der Waals surface area contributed by atoms with Crippen LogP contribution in [0.2, 0.25) is 0 Å². The van der Waals surface area contributed by atoms with Gasteiger partial charge in [0, 0.05) is 17.7 Å². The maximum Gasteiger partial charge on any atom is 0.226 e. The molecule has 0 aliphatic carbocycles. The van der Waals surface area contributed by atoms with Crippen molar-refractivity contribution >= 4 is 17.7 Å². The molecular weight excluding hydrogens is 220 g/mol. The van der Waals surface area contributed by atoms with Crippen molar-refractivity contribution in [2.75, 3.05) is 31.6 Å². The SMILES string of the molecule is CSCCNC(=O)C(C)(C)C1CCCNC1. The lowest BCUT2D eigenvalue weighted by atomic mass is 9.74. The summed E-state index contributed by atoms with van der Waals surface area (Å²) < 4.78 is 0. The van der Waals surface area contributed by atoms with E-state index in [1.807, 2.05) is 0 Å². The molecule has 4 heteroatoms. The van der Waals surface area contributed by atoms with Crippen LogP contribution in [0.4, 0.5) is 0 Å². The van der Waals surface area contributed by atoms with E-state index in [1.165, 1.54) is 6.42 Å². The van der Waals surface area contributed by atoms with Crippen LogP contribution in [0, 0.1) is 11.3 Å². The number of piperidine rings is 1. The van der Waals surface area contributed by atoms with E-state index in [4.69, 9.17) is 0 Å². The summed E-state index contributed by atoms with van der Waals surface area (Å²) in [5.41, 5.74) is -0.244. The molecule has 94 valence electrons. The second kappa shape index (κ2) is 6.50. The number of hydrogen-bond donors (Lipinski definition) is 2. The summed E-state index contributed by atoms with van der Waals surface area (Å²) in [4.78, 5) is 12.1. The monoisotopic (exact) mass is 244 g/mol. The normalized spacial score (nSPS) is 21.8. The maximum absolute atomic E-state index is 12.1. The molecule has 1 heterocycles. The number of amides is 1. The summed E-state index contributed by atoms with van der Waals surface area (Å²) in [6, 6.07) is 0. The minimum atomic E-state index is -0.244. The molecule has 0 spiro atoms. The van der Waals surface area contributed by atoms with Crippen molar-refractivity contribution in [3.63, 3.8) is 0 Å². The molecular formula is C12H24N2OS. The Morgan fingerprint density at radius 3 is 2.88 bits per heavy atom. The molecule has 1 aliphatic heterocycles. The first-order chi connectivity index (χ1) is 7.59. The molecule has 0 saturated carbocycles. The zero-order chi connectivity index (χ0) is 12.0. The first-order valence-electron chi connectivity index (χ1n) is 6.07. The number of carbonyl (C=O) groups is 1. The Bertz CT molecular complexity index is 225. The van der Waals surface area contributed by atoms with E-state index < -0.39 is 0 Å². The first kappa shape index (κ1) is 13.8. The Labute approximate surface area is 103 Å². The van der Waals surface area contributed by atoms with Crippen molar-refractivity contribution in [3.8, 4) is 0 Å². The molecule has 0 bridgehead atoms. The van der Waals surface area contributed by atoms with Gasteiger partial charge >= 0.3 is 0 Å². The molecule has 0 aromatic heterocycles. The molecule has 0 radical (unpaired) electrons. The molecule has 1 aliphatic rings. The minimum absolute atomic E-state index is 0.204. The van der Waals surface area contributed by atoms with Crippen LogP contribution >= 0.6 is 11.8 Å². The summed E-state index contributed by atoms with van der Waals surface area (Å²) in [6.07, 6.45) is 4.41. The Balaban J connectivity index is 2.43. The van der Waals surface area contributed by atoms with Gasteiger partial charge in [0.25, 0.3) is 0 Å². The fourth-order valence-electron chi connectivity index (χ4n) is 2.15. The molecule has 1 fully saturated rings. The lowest BCUT2D eigenvalue weighted by Gasteiger charge is -2.36. The second-order valence-electron chi connectivity index (χ2n) is 5.01. The third-order valence-corrected chi connectivity index (χ3v) is 4.11. The van der Waals surface area contributed by atoms with Crippen molar-refractivity contribution in [2.24, 2.45) is 11.3 Å². The van der Waals surface area contributed by atoms with Gasteiger partial charge in [-0.3, -0.25) is 4.79 Å². The molecule has 3 nitrogen and oxygen atoms in total. The third-order valence-electron chi connectivity index (χ3n) is 3.49. The number of hydrogen-bond acceptors (Lipinski definition) is 3. The van der Waals surface area contributed by atoms with Crippen LogP contribution in [0.1, 0.15) is 26.7 Å². The third kappa shape index (κ3) is 3.67. The fraction of sp³-hybridized carbons (Fsp3) is 0.917. The summed E-state index contributed by atoms with van der Waals surface area (Å²) >= 11 is 1.76. The van der Waals surface area contributed by atoms with E-state index >= 15 is 0 Å². The van der Waals surface area contributed by atoms with Crippen molar-refractivity contribution in [1.82, 2.24) is 10.6 Å². The highest BCUT2D eigenvalue weighted by Gasteiger charge is 2.36. The molecule has 1 unspecified atom stereocenters. The van der Waals surface area contributed by atoms with E-state index in [9.17, 15) is 4.79 Å². The highest BCUT2D eigenvalue weighted by molar-refractivity contribution is 7.98. The van der Waals surface area contributed by atoms with Gasteiger partial charge in [0.05, 0.1) is 0 Å². The van der Waals surface area contributed by atoms with Gasteiger partial charge in [-0.2, -0.15) is 11.8 Å². The summed E-state index contributed by atoms with van der Waals surface area (Å²) in [5.74, 6) is 1.66. The molecule has 1 amide bonds. The highest BCUT2D eigenvalue weighted by Crippen LogP contribution is 2.31. The van der Waals surface area contributed by atoms with E-state index in [-0.39, 0.29) is 11.3 Å². The molecule has 2 N–H and O–H groups in total. The Hall–Kier alpha value is -0.220. The molecule has 1 saturated heterocycles. The lowest BCUT2D eigenvalue weighted by Crippen LogP contribution is -2.47. The zero-order valence-corrected chi connectivity index (χ0v) is 11.5. The second-order valence-corrected chi connectivity index (χ2v) is 6.00. The highest BCUT2D eigenvalue weighted by atomic mass is 32.2. The van der Waals surface area contributed by atoms with E-state index in [1.54, 1.807) is 11.8 Å². The largest absolute Gasteiger partial charge is 0.355 e. The molecule has 0 aromatic rings. The number of thioether (sulfide) groups is 1. The standard InChI is InChI=1S/C12H24N2OS/c1-12(2,10-5-4-6-13-9-10)11(15)14-7-8-16-3/h10,13H,4-9H2,1-3H3,(H,14,15). The Kier molecular flexibility index (Phi) is 5.62. The van der Waals surface area contributed by atoms with E-state index in [2.05, 4.69) is 30.7 Å². The van der Waals surface area contributed by atoms with Crippen molar-refractivity contribution in [2.45, 2.75) is 26.7 Å². The fourth-order valence-corrected chi connectivity index (χ4v) is 2.45. The van der Waals surface area contributed by atoms with Gasteiger partial charge in [0.2, 0.25) is 5.91 Å². The Morgan fingerprint density at radius 1 is 1.56 bits per heavy atom. The predicted octanol–water partition coefficient (Wildman–Crippen LogP) is 1.49. The van der Waals surface area contributed by atoms with Crippen LogP contribution in [-0.2, 0) is 4.79 Å². The van der Waals surface area contributed by atoms with Crippen LogP contribution in [0.5, 0.6) is 0 Å². The summed E-state index contributed by atoms with van der Waals surface area (Å²) in [5, 5.41) is 6.41. The van der Waals surface area contributed by atoms with Crippen molar-refractivity contribution < 1.29 is 4.79 Å². The quantitative estimate of drug-likeness (QED) is 0.720. The maximum atomic E-state index is 12.1. The van der Waals surface area contributed by atoms with Crippen LogP contribution < -0.4 is 10.6 Å². The summed E-state index contributed by atoms with van der Waals surface area (Å²) in [6.45, 7) is 6.99. The van der Waals surface area contributed by atoms with Gasteiger partial charge in [0.15, 0.2) is 0 Å². The number of carbonyl (C=O) groups excluding carboxylic acids is 1. The van der Waals surface area contributed by atoms with Gasteiger partial charge in [-0.05, 0) is 38.1 Å². The smallest absolute Gasteiger partial charge is 0.226 e. The summed E-state index contributed by atoms with van der Waals surface area (Å²) in [7, 11) is 0. The average molecular weight is 244 g/mol. The van der Waals surface area contributed by atoms with E-state index in [0.29, 0.717) is 5.92 Å². The van der Waals surface area contributed by atoms with Crippen molar-refractivity contribution in [1.29, 1.82) is 0 Å².